The van der Waals surface area contributed by atoms with Crippen molar-refractivity contribution in [2.75, 3.05) is 5.73 Å². The van der Waals surface area contributed by atoms with Gasteiger partial charge in [-0.15, -0.1) is 0 Å². The molecule has 21 heavy (non-hydrogen) atoms. The summed E-state index contributed by atoms with van der Waals surface area (Å²) in [6, 6.07) is 5.24. The van der Waals surface area contributed by atoms with Crippen LogP contribution in [0.5, 0.6) is 0 Å². The van der Waals surface area contributed by atoms with Crippen molar-refractivity contribution in [2.45, 2.75) is 26.4 Å². The molecule has 2 rings (SSSR count). The Kier molecular flexibility index (Phi) is 3.59. The van der Waals surface area contributed by atoms with Gasteiger partial charge in [-0.05, 0) is 38.5 Å². The zero-order valence-corrected chi connectivity index (χ0v) is 11.9. The molecule has 0 saturated heterocycles. The molecule has 0 fully saturated rings. The van der Waals surface area contributed by atoms with E-state index in [1.54, 1.807) is 20.8 Å². The Labute approximate surface area is 120 Å². The lowest BCUT2D eigenvalue weighted by molar-refractivity contribution is 0.0518. The van der Waals surface area contributed by atoms with Crippen LogP contribution in [0.15, 0.2) is 29.1 Å². The topological polar surface area (TPSA) is 90.1 Å². The SMILES string of the molecule is CC(C)(C)OC(=O)n1[nH]c(=O)c(-c2ccc(F)cc2)c1N. The van der Waals surface area contributed by atoms with Gasteiger partial charge < -0.3 is 10.5 Å². The molecule has 6 nitrogen and oxygen atoms in total. The first kappa shape index (κ1) is 14.8. The Hall–Kier alpha value is -2.57. The molecule has 0 unspecified atom stereocenters. The van der Waals surface area contributed by atoms with Gasteiger partial charge in [0.2, 0.25) is 0 Å². The highest BCUT2D eigenvalue weighted by Crippen LogP contribution is 2.23. The van der Waals surface area contributed by atoms with Crippen LogP contribution in [0.2, 0.25) is 0 Å². The Bertz CT molecular complexity index is 723. The summed E-state index contributed by atoms with van der Waals surface area (Å²) in [5, 5.41) is 2.32. The maximum Gasteiger partial charge on any atom is 0.435 e. The highest BCUT2D eigenvalue weighted by atomic mass is 19.1. The first-order valence-corrected chi connectivity index (χ1v) is 6.29. The van der Waals surface area contributed by atoms with Crippen LogP contribution < -0.4 is 11.3 Å². The van der Waals surface area contributed by atoms with Gasteiger partial charge in [-0.2, -0.15) is 4.68 Å². The second-order valence-corrected chi connectivity index (χ2v) is 5.52. The van der Waals surface area contributed by atoms with Gasteiger partial charge in [-0.1, -0.05) is 12.1 Å². The van der Waals surface area contributed by atoms with Crippen LogP contribution >= 0.6 is 0 Å². The van der Waals surface area contributed by atoms with Gasteiger partial charge in [0, 0.05) is 0 Å². The summed E-state index contributed by atoms with van der Waals surface area (Å²) in [5.41, 5.74) is 5.07. The van der Waals surface area contributed by atoms with Gasteiger partial charge in [-0.3, -0.25) is 9.89 Å². The predicted octanol–water partition coefficient (Wildman–Crippen LogP) is 2.35. The number of nitrogens with one attached hydrogen (secondary N) is 1. The molecule has 0 spiro atoms. The third kappa shape index (κ3) is 3.13. The number of aromatic amines is 1. The molecule has 0 atom stereocenters. The number of ether oxygens (including phenoxy) is 1. The monoisotopic (exact) mass is 293 g/mol. The number of nitrogens with zero attached hydrogens (tertiary/aromatic N) is 1. The van der Waals surface area contributed by atoms with Crippen molar-refractivity contribution < 1.29 is 13.9 Å². The summed E-state index contributed by atoms with van der Waals surface area (Å²) in [6.07, 6.45) is -0.787. The number of nitrogen functional groups attached to an aromatic ring is 1. The molecule has 1 aromatic carbocycles. The van der Waals surface area contributed by atoms with Crippen molar-refractivity contribution in [1.82, 2.24) is 9.78 Å². The molecular formula is C14H16FN3O3. The van der Waals surface area contributed by atoms with Gasteiger partial charge in [0.15, 0.2) is 0 Å². The Balaban J connectivity index is 2.45. The summed E-state index contributed by atoms with van der Waals surface area (Å²) in [5.74, 6) is -0.513. The van der Waals surface area contributed by atoms with Crippen LogP contribution in [0, 0.1) is 5.82 Å². The Morgan fingerprint density at radius 2 is 1.86 bits per heavy atom. The number of anilines is 1. The molecule has 3 N–H and O–H groups in total. The molecule has 1 heterocycles. The predicted molar refractivity (Wildman–Crippen MR) is 76.5 cm³/mol. The average Bonchev–Trinajstić information content (AvgIpc) is 2.64. The first-order chi connectivity index (χ1) is 9.69. The lowest BCUT2D eigenvalue weighted by Gasteiger charge is -2.19. The lowest BCUT2D eigenvalue weighted by atomic mass is 10.1. The number of nitrogens with two attached hydrogens (primary N) is 1. The van der Waals surface area contributed by atoms with Crippen LogP contribution in [-0.4, -0.2) is 21.5 Å². The standard InChI is InChI=1S/C14H16FN3O3/c1-14(2,3)21-13(20)18-11(16)10(12(19)17-18)8-4-6-9(15)7-5-8/h4-7H,16H2,1-3H3,(H,17,19). The third-order valence-corrected chi connectivity index (χ3v) is 2.65. The molecule has 0 aliphatic heterocycles. The van der Waals surface area contributed by atoms with Gasteiger partial charge >= 0.3 is 6.09 Å². The Morgan fingerprint density at radius 3 is 2.38 bits per heavy atom. The van der Waals surface area contributed by atoms with Gasteiger partial charge in [-0.25, -0.2) is 9.18 Å². The quantitative estimate of drug-likeness (QED) is 0.844. The molecule has 7 heteroatoms. The molecule has 0 bridgehead atoms. The van der Waals surface area contributed by atoms with Gasteiger partial charge in [0.05, 0.1) is 5.56 Å². The minimum atomic E-state index is -0.787. The number of carbonyl (C=O) groups excluding carboxylic acids is 1. The largest absolute Gasteiger partial charge is 0.442 e. The number of H-pyrrole nitrogens is 1. The van der Waals surface area contributed by atoms with E-state index in [4.69, 9.17) is 10.5 Å². The van der Waals surface area contributed by atoms with Crippen LogP contribution in [-0.2, 0) is 4.74 Å². The van der Waals surface area contributed by atoms with E-state index in [1.807, 2.05) is 0 Å². The van der Waals surface area contributed by atoms with E-state index in [2.05, 4.69) is 5.10 Å². The van der Waals surface area contributed by atoms with Crippen molar-refractivity contribution in [3.8, 4) is 11.1 Å². The van der Waals surface area contributed by atoms with Crippen LogP contribution in [0.1, 0.15) is 20.8 Å². The molecular weight excluding hydrogens is 277 g/mol. The van der Waals surface area contributed by atoms with Crippen LogP contribution in [0.4, 0.5) is 15.0 Å². The Morgan fingerprint density at radius 1 is 1.29 bits per heavy atom. The fourth-order valence-corrected chi connectivity index (χ4v) is 1.79. The number of rotatable bonds is 1. The average molecular weight is 293 g/mol. The van der Waals surface area contributed by atoms with E-state index >= 15 is 0 Å². The van der Waals surface area contributed by atoms with E-state index in [9.17, 15) is 14.0 Å². The number of halogens is 1. The van der Waals surface area contributed by atoms with Crippen LogP contribution in [0.25, 0.3) is 11.1 Å². The zero-order chi connectivity index (χ0) is 15.8. The summed E-state index contributed by atoms with van der Waals surface area (Å²) in [7, 11) is 0. The van der Waals surface area contributed by atoms with Crippen molar-refractivity contribution in [3.63, 3.8) is 0 Å². The smallest absolute Gasteiger partial charge is 0.435 e. The maximum atomic E-state index is 12.9. The van der Waals surface area contributed by atoms with E-state index in [0.29, 0.717) is 5.56 Å². The summed E-state index contributed by atoms with van der Waals surface area (Å²) in [6.45, 7) is 5.09. The minimum Gasteiger partial charge on any atom is -0.442 e. The van der Waals surface area contributed by atoms with E-state index in [0.717, 1.165) is 4.68 Å². The van der Waals surface area contributed by atoms with Crippen molar-refractivity contribution >= 4 is 11.9 Å². The van der Waals surface area contributed by atoms with Crippen molar-refractivity contribution in [3.05, 3.63) is 40.4 Å². The number of hydrogen-bond donors (Lipinski definition) is 2. The lowest BCUT2D eigenvalue weighted by Crippen LogP contribution is -2.29. The van der Waals surface area contributed by atoms with E-state index in [1.165, 1.54) is 24.3 Å². The fraction of sp³-hybridized carbons (Fsp3) is 0.286. The number of hydrogen-bond acceptors (Lipinski definition) is 4. The zero-order valence-electron chi connectivity index (χ0n) is 11.9. The molecule has 0 radical (unpaired) electrons. The number of benzene rings is 1. The molecule has 0 amide bonds. The highest BCUT2D eigenvalue weighted by molar-refractivity contribution is 5.82. The van der Waals surface area contributed by atoms with Crippen molar-refractivity contribution in [2.24, 2.45) is 0 Å². The first-order valence-electron chi connectivity index (χ1n) is 6.29. The molecule has 0 aliphatic carbocycles. The minimum absolute atomic E-state index is 0.0825. The summed E-state index contributed by atoms with van der Waals surface area (Å²) < 4.78 is 18.9. The summed E-state index contributed by atoms with van der Waals surface area (Å²) >= 11 is 0. The maximum absolute atomic E-state index is 12.9. The molecule has 0 aliphatic rings. The number of aromatic nitrogens is 2. The second-order valence-electron chi connectivity index (χ2n) is 5.52. The third-order valence-electron chi connectivity index (χ3n) is 2.65. The van der Waals surface area contributed by atoms with E-state index in [-0.39, 0.29) is 11.4 Å². The normalized spacial score (nSPS) is 11.4. The van der Waals surface area contributed by atoms with Crippen LogP contribution in [0.3, 0.4) is 0 Å². The van der Waals surface area contributed by atoms with Gasteiger partial charge in [0.25, 0.3) is 5.56 Å². The molecule has 1 aromatic heterocycles. The fourth-order valence-electron chi connectivity index (χ4n) is 1.79. The highest BCUT2D eigenvalue weighted by Gasteiger charge is 2.23. The summed E-state index contributed by atoms with van der Waals surface area (Å²) in [4.78, 5) is 23.9. The molecule has 0 saturated carbocycles. The van der Waals surface area contributed by atoms with Gasteiger partial charge in [0.1, 0.15) is 17.2 Å². The number of carbonyl (C=O) groups is 1. The molecule has 2 aromatic rings. The second kappa shape index (κ2) is 5.08. The van der Waals surface area contributed by atoms with E-state index < -0.39 is 23.1 Å². The molecule has 112 valence electrons. The van der Waals surface area contributed by atoms with Crippen molar-refractivity contribution in [1.29, 1.82) is 0 Å².